The molecule has 0 spiro atoms. The van der Waals surface area contributed by atoms with Crippen LogP contribution < -0.4 is 10.6 Å². The summed E-state index contributed by atoms with van der Waals surface area (Å²) >= 11 is 12.5. The maximum Gasteiger partial charge on any atom is 0.271 e. The fraction of sp³-hybridized carbons (Fsp3) is 0.500. The third kappa shape index (κ3) is 4.22. The van der Waals surface area contributed by atoms with E-state index in [-0.39, 0.29) is 60.0 Å². The van der Waals surface area contributed by atoms with Crippen molar-refractivity contribution in [3.05, 3.63) is 46.1 Å². The molecule has 1 saturated carbocycles. The molecule has 3 N–H and O–H groups in total. The van der Waals surface area contributed by atoms with Crippen molar-refractivity contribution in [3.8, 4) is 0 Å². The minimum atomic E-state index is -0.763. The first-order valence-electron chi connectivity index (χ1n) is 13.3. The van der Waals surface area contributed by atoms with E-state index in [9.17, 15) is 19.2 Å². The van der Waals surface area contributed by atoms with E-state index in [1.54, 1.807) is 30.0 Å². The van der Waals surface area contributed by atoms with Gasteiger partial charge in [0.15, 0.2) is 5.78 Å². The topological polar surface area (TPSA) is 111 Å². The van der Waals surface area contributed by atoms with Crippen LogP contribution >= 0.6 is 23.2 Å². The zero-order valence-corrected chi connectivity index (χ0v) is 22.5. The summed E-state index contributed by atoms with van der Waals surface area (Å²) in [6.07, 6.45) is 6.53. The number of carbonyl (C=O) groups excluding carboxylic acids is 4. The van der Waals surface area contributed by atoms with Gasteiger partial charge < -0.3 is 20.5 Å². The SMILES string of the molecule is CCC(=O)[C@H](C[C@@H]1CCNC1=O)NC(=O)[C@@H]1[C@@H]2[C@H](CN1C(=O)c1cc3c(Cl)cc(Cl)cc3[nH]1)[C@@H]1C=C[C@H]2C1. The van der Waals surface area contributed by atoms with Crippen LogP contribution in [0.15, 0.2) is 30.4 Å². The number of aromatic amines is 1. The van der Waals surface area contributed by atoms with Gasteiger partial charge in [-0.3, -0.25) is 19.2 Å². The molecule has 4 aliphatic rings. The molecular formula is C28H30Cl2N4O4. The maximum absolute atomic E-state index is 13.9. The molecule has 3 heterocycles. The number of allylic oxidation sites excluding steroid dienone is 2. The highest BCUT2D eigenvalue weighted by Gasteiger charge is 2.58. The minimum Gasteiger partial charge on any atom is -0.356 e. The number of nitrogens with one attached hydrogen (secondary N) is 3. The second-order valence-electron chi connectivity index (χ2n) is 11.0. The average molecular weight is 557 g/mol. The molecule has 0 radical (unpaired) electrons. The Morgan fingerprint density at radius 1 is 1.16 bits per heavy atom. The molecule has 2 aliphatic carbocycles. The number of benzene rings is 1. The van der Waals surface area contributed by atoms with E-state index in [1.807, 2.05) is 0 Å². The molecule has 7 atom stereocenters. The van der Waals surface area contributed by atoms with Crippen LogP contribution in [-0.4, -0.2) is 58.6 Å². The first kappa shape index (κ1) is 25.4. The largest absolute Gasteiger partial charge is 0.356 e. The summed E-state index contributed by atoms with van der Waals surface area (Å²) in [5.74, 6) is -0.373. The Hall–Kier alpha value is -2.84. The van der Waals surface area contributed by atoms with Gasteiger partial charge in [0.05, 0.1) is 11.1 Å². The Balaban J connectivity index is 1.30. The number of hydrogen-bond acceptors (Lipinski definition) is 4. The van der Waals surface area contributed by atoms with Gasteiger partial charge in [0.1, 0.15) is 11.7 Å². The number of Topliss-reactive ketones (excluding diaryl/α,β-unsaturated/α-hetero) is 1. The summed E-state index contributed by atoms with van der Waals surface area (Å²) in [7, 11) is 0. The van der Waals surface area contributed by atoms with Crippen LogP contribution in [0.2, 0.25) is 10.0 Å². The van der Waals surface area contributed by atoms with Gasteiger partial charge in [-0.1, -0.05) is 42.3 Å². The third-order valence-electron chi connectivity index (χ3n) is 8.95. The Morgan fingerprint density at radius 3 is 2.68 bits per heavy atom. The van der Waals surface area contributed by atoms with Crippen molar-refractivity contribution in [2.24, 2.45) is 29.6 Å². The lowest BCUT2D eigenvalue weighted by Crippen LogP contribution is -2.54. The number of carbonyl (C=O) groups is 4. The van der Waals surface area contributed by atoms with Crippen LogP contribution in [0.3, 0.4) is 0 Å². The van der Waals surface area contributed by atoms with Gasteiger partial charge in [-0.15, -0.1) is 0 Å². The molecule has 2 aliphatic heterocycles. The molecule has 2 saturated heterocycles. The first-order chi connectivity index (χ1) is 18.2. The Morgan fingerprint density at radius 2 is 1.95 bits per heavy atom. The quantitative estimate of drug-likeness (QED) is 0.451. The summed E-state index contributed by atoms with van der Waals surface area (Å²) in [5.41, 5.74) is 0.988. The van der Waals surface area contributed by atoms with Gasteiger partial charge >= 0.3 is 0 Å². The predicted molar refractivity (Wildman–Crippen MR) is 144 cm³/mol. The van der Waals surface area contributed by atoms with E-state index in [0.29, 0.717) is 52.1 Å². The number of aromatic nitrogens is 1. The molecule has 10 heteroatoms. The van der Waals surface area contributed by atoms with E-state index in [4.69, 9.17) is 23.2 Å². The van der Waals surface area contributed by atoms with Crippen LogP contribution in [0.25, 0.3) is 10.9 Å². The Labute approximate surface area is 230 Å². The number of nitrogens with zero attached hydrogens (tertiary/aromatic N) is 1. The van der Waals surface area contributed by atoms with Crippen molar-refractivity contribution in [2.45, 2.75) is 44.7 Å². The molecular weight excluding hydrogens is 527 g/mol. The minimum absolute atomic E-state index is 0.0106. The molecule has 8 nitrogen and oxygen atoms in total. The van der Waals surface area contributed by atoms with E-state index in [2.05, 4.69) is 27.8 Å². The third-order valence-corrected chi connectivity index (χ3v) is 9.48. The van der Waals surface area contributed by atoms with Gasteiger partial charge in [0, 0.05) is 41.4 Å². The molecule has 3 amide bonds. The number of fused-ring (bicyclic) bond motifs is 6. The van der Waals surface area contributed by atoms with Crippen molar-refractivity contribution < 1.29 is 19.2 Å². The van der Waals surface area contributed by atoms with Gasteiger partial charge in [-0.05, 0) is 61.1 Å². The summed E-state index contributed by atoms with van der Waals surface area (Å²) in [6, 6.07) is 3.58. The molecule has 2 bridgehead atoms. The second-order valence-corrected chi connectivity index (χ2v) is 11.9. The smallest absolute Gasteiger partial charge is 0.271 e. The highest BCUT2D eigenvalue weighted by atomic mass is 35.5. The predicted octanol–water partition coefficient (Wildman–Crippen LogP) is 3.73. The number of amides is 3. The van der Waals surface area contributed by atoms with Gasteiger partial charge in [-0.2, -0.15) is 0 Å². The van der Waals surface area contributed by atoms with E-state index in [0.717, 1.165) is 6.42 Å². The molecule has 1 aromatic heterocycles. The summed E-state index contributed by atoms with van der Waals surface area (Å²) in [4.78, 5) is 57.7. The molecule has 38 heavy (non-hydrogen) atoms. The Kier molecular flexibility index (Phi) is 6.51. The fourth-order valence-electron chi connectivity index (χ4n) is 7.12. The second kappa shape index (κ2) is 9.72. The lowest BCUT2D eigenvalue weighted by Gasteiger charge is -2.31. The van der Waals surface area contributed by atoms with Crippen molar-refractivity contribution in [1.29, 1.82) is 0 Å². The van der Waals surface area contributed by atoms with Gasteiger partial charge in [-0.25, -0.2) is 0 Å². The molecule has 6 rings (SSSR count). The van der Waals surface area contributed by atoms with E-state index in [1.165, 1.54) is 0 Å². The summed E-state index contributed by atoms with van der Waals surface area (Å²) < 4.78 is 0. The monoisotopic (exact) mass is 556 g/mol. The first-order valence-corrected chi connectivity index (χ1v) is 14.1. The maximum atomic E-state index is 13.9. The standard InChI is InChI=1S/C28H30Cl2N4O4/c1-2-23(35)21(8-15-5-6-31-26(15)36)33-27(37)25-24-14-4-3-13(7-14)18(24)12-34(25)28(38)22-11-17-19(30)9-16(29)10-20(17)32-22/h3-4,9-11,13-15,18,21,24-25,32H,2,5-8,12H2,1H3,(H,31,36)(H,33,37)/t13-,14+,15+,18-,21+,24+,25+/m1/s1. The van der Waals surface area contributed by atoms with Crippen molar-refractivity contribution in [3.63, 3.8) is 0 Å². The summed E-state index contributed by atoms with van der Waals surface area (Å²) in [6.45, 7) is 2.80. The number of H-pyrrole nitrogens is 1. The lowest BCUT2D eigenvalue weighted by atomic mass is 9.81. The van der Waals surface area contributed by atoms with Crippen molar-refractivity contribution in [2.75, 3.05) is 13.1 Å². The number of rotatable bonds is 7. The zero-order valence-electron chi connectivity index (χ0n) is 21.0. The lowest BCUT2D eigenvalue weighted by molar-refractivity contribution is -0.132. The number of ketones is 1. The van der Waals surface area contributed by atoms with Gasteiger partial charge in [0.2, 0.25) is 11.8 Å². The van der Waals surface area contributed by atoms with Crippen LogP contribution in [0, 0.1) is 29.6 Å². The normalized spacial score (nSPS) is 30.1. The number of halogens is 2. The number of hydrogen-bond donors (Lipinski definition) is 3. The molecule has 1 aromatic carbocycles. The molecule has 200 valence electrons. The van der Waals surface area contributed by atoms with E-state index >= 15 is 0 Å². The van der Waals surface area contributed by atoms with Crippen LogP contribution in [0.1, 0.15) is 43.1 Å². The summed E-state index contributed by atoms with van der Waals surface area (Å²) in [5, 5.41) is 7.36. The highest BCUT2D eigenvalue weighted by Crippen LogP contribution is 2.54. The molecule has 3 fully saturated rings. The van der Waals surface area contributed by atoms with Crippen molar-refractivity contribution in [1.82, 2.24) is 20.5 Å². The van der Waals surface area contributed by atoms with Gasteiger partial charge in [0.25, 0.3) is 5.91 Å². The molecule has 0 unspecified atom stereocenters. The highest BCUT2D eigenvalue weighted by molar-refractivity contribution is 6.38. The van der Waals surface area contributed by atoms with Crippen LogP contribution in [0.4, 0.5) is 0 Å². The van der Waals surface area contributed by atoms with Crippen LogP contribution in [-0.2, 0) is 14.4 Å². The van der Waals surface area contributed by atoms with E-state index < -0.39 is 12.1 Å². The number of likely N-dealkylation sites (tertiary alicyclic amines) is 1. The molecule has 2 aromatic rings. The Bertz CT molecular complexity index is 1370. The fourth-order valence-corrected chi connectivity index (χ4v) is 7.67. The van der Waals surface area contributed by atoms with Crippen LogP contribution in [0.5, 0.6) is 0 Å². The zero-order chi connectivity index (χ0) is 26.7. The average Bonchev–Trinajstić information content (AvgIpc) is 3.69. The van der Waals surface area contributed by atoms with Crippen molar-refractivity contribution >= 4 is 57.6 Å².